The van der Waals surface area contributed by atoms with E-state index in [-0.39, 0.29) is 0 Å². The lowest BCUT2D eigenvalue weighted by Gasteiger charge is -2.18. The van der Waals surface area contributed by atoms with Gasteiger partial charge < -0.3 is 0 Å². The minimum atomic E-state index is 0.780. The van der Waals surface area contributed by atoms with Gasteiger partial charge in [-0.15, -0.1) is 11.8 Å². The van der Waals surface area contributed by atoms with Crippen molar-refractivity contribution in [2.45, 2.75) is 21.0 Å². The Morgan fingerprint density at radius 2 is 2.18 bits per heavy atom. The van der Waals surface area contributed by atoms with Crippen LogP contribution < -0.4 is 0 Å². The predicted molar refractivity (Wildman–Crippen MR) is 58.4 cm³/mol. The highest BCUT2D eigenvalue weighted by atomic mass is 127. The van der Waals surface area contributed by atoms with Gasteiger partial charge in [0, 0.05) is 4.90 Å². The van der Waals surface area contributed by atoms with Gasteiger partial charge in [0.2, 0.25) is 0 Å². The van der Waals surface area contributed by atoms with Gasteiger partial charge in [-0.1, -0.05) is 40.8 Å². The lowest BCUT2D eigenvalue weighted by molar-refractivity contribution is 0.877. The average Bonchev–Trinajstić information content (AvgIpc) is 2.04. The maximum Gasteiger partial charge on any atom is 0.0615 e. The van der Waals surface area contributed by atoms with Crippen molar-refractivity contribution >= 4 is 34.4 Å². The molecule has 0 N–H and O–H groups in total. The van der Waals surface area contributed by atoms with Gasteiger partial charge in [-0.25, -0.2) is 0 Å². The van der Waals surface area contributed by atoms with Gasteiger partial charge in [0.05, 0.1) is 3.26 Å². The second-order valence-corrected chi connectivity index (χ2v) is 6.27. The van der Waals surface area contributed by atoms with Crippen molar-refractivity contribution in [3.8, 4) is 0 Å². The van der Waals surface area contributed by atoms with Crippen LogP contribution in [0.4, 0.5) is 0 Å². The summed E-state index contributed by atoms with van der Waals surface area (Å²) in [6.07, 6.45) is 2.58. The second-order valence-electron chi connectivity index (χ2n) is 2.67. The highest BCUT2D eigenvalue weighted by Gasteiger charge is 2.15. The number of halogens is 1. The van der Waals surface area contributed by atoms with Crippen molar-refractivity contribution in [3.63, 3.8) is 0 Å². The maximum absolute atomic E-state index is 2.52. The van der Waals surface area contributed by atoms with E-state index < -0.39 is 0 Å². The van der Waals surface area contributed by atoms with Gasteiger partial charge in [0.25, 0.3) is 0 Å². The van der Waals surface area contributed by atoms with Crippen LogP contribution in [0.15, 0.2) is 29.2 Å². The Hall–Kier alpha value is 0.300. The monoisotopic (exact) mass is 276 g/mol. The Kier molecular flexibility index (Phi) is 2.42. The molecule has 0 bridgehead atoms. The summed E-state index contributed by atoms with van der Waals surface area (Å²) in [5, 5.41) is 0. The number of alkyl halides is 1. The number of hydrogen-bond acceptors (Lipinski definition) is 1. The molecule has 0 radical (unpaired) electrons. The molecule has 58 valence electrons. The molecule has 2 heteroatoms. The SMILES string of the molecule is IC1CCc2ccccc2S1. The first-order valence-electron chi connectivity index (χ1n) is 3.75. The van der Waals surface area contributed by atoms with Crippen LogP contribution >= 0.6 is 34.4 Å². The molecule has 2 rings (SSSR count). The van der Waals surface area contributed by atoms with Crippen LogP contribution in [0.25, 0.3) is 0 Å². The summed E-state index contributed by atoms with van der Waals surface area (Å²) in [4.78, 5) is 1.48. The molecule has 0 aliphatic carbocycles. The summed E-state index contributed by atoms with van der Waals surface area (Å²) in [5.74, 6) is 0. The number of aryl methyl sites for hydroxylation is 1. The third kappa shape index (κ3) is 1.72. The Morgan fingerprint density at radius 1 is 1.36 bits per heavy atom. The molecular formula is C9H9IS. The molecular weight excluding hydrogens is 267 g/mol. The lowest BCUT2D eigenvalue weighted by Crippen LogP contribution is -2.03. The van der Waals surface area contributed by atoms with Crippen LogP contribution in [-0.2, 0) is 6.42 Å². The van der Waals surface area contributed by atoms with Crippen LogP contribution in [0.2, 0.25) is 0 Å². The number of fused-ring (bicyclic) bond motifs is 1. The summed E-state index contributed by atoms with van der Waals surface area (Å²) in [6.45, 7) is 0. The Morgan fingerprint density at radius 3 is 3.09 bits per heavy atom. The summed E-state index contributed by atoms with van der Waals surface area (Å²) in [7, 11) is 0. The number of benzene rings is 1. The van der Waals surface area contributed by atoms with Crippen molar-refractivity contribution in [3.05, 3.63) is 29.8 Å². The molecule has 1 aliphatic rings. The van der Waals surface area contributed by atoms with Crippen molar-refractivity contribution in [1.29, 1.82) is 0 Å². The van der Waals surface area contributed by atoms with Crippen LogP contribution in [0.5, 0.6) is 0 Å². The Bertz CT molecular complexity index is 259. The van der Waals surface area contributed by atoms with Gasteiger partial charge in [-0.2, -0.15) is 0 Å². The Balaban J connectivity index is 2.34. The van der Waals surface area contributed by atoms with E-state index in [2.05, 4.69) is 46.9 Å². The van der Waals surface area contributed by atoms with Gasteiger partial charge in [-0.3, -0.25) is 0 Å². The quantitative estimate of drug-likeness (QED) is 0.516. The molecule has 1 atom stereocenters. The molecule has 0 amide bonds. The summed E-state index contributed by atoms with van der Waals surface area (Å²) in [5.41, 5.74) is 1.53. The third-order valence-corrected chi connectivity index (χ3v) is 4.40. The van der Waals surface area contributed by atoms with Crippen LogP contribution in [0, 0.1) is 0 Å². The summed E-state index contributed by atoms with van der Waals surface area (Å²) >= 11 is 4.52. The summed E-state index contributed by atoms with van der Waals surface area (Å²) in [6, 6.07) is 8.73. The van der Waals surface area contributed by atoms with Crippen molar-refractivity contribution in [2.24, 2.45) is 0 Å². The molecule has 0 nitrogen and oxygen atoms in total. The Labute approximate surface area is 84.9 Å². The first-order valence-corrected chi connectivity index (χ1v) is 5.87. The molecule has 0 spiro atoms. The van der Waals surface area contributed by atoms with Gasteiger partial charge in [0.1, 0.15) is 0 Å². The van der Waals surface area contributed by atoms with Crippen molar-refractivity contribution in [1.82, 2.24) is 0 Å². The van der Waals surface area contributed by atoms with Crippen LogP contribution in [0.1, 0.15) is 12.0 Å². The van der Waals surface area contributed by atoms with E-state index in [1.54, 1.807) is 0 Å². The summed E-state index contributed by atoms with van der Waals surface area (Å²) < 4.78 is 0.780. The minimum absolute atomic E-state index is 0.780. The van der Waals surface area contributed by atoms with E-state index in [0.29, 0.717) is 0 Å². The van der Waals surface area contributed by atoms with E-state index in [1.807, 2.05) is 11.8 Å². The van der Waals surface area contributed by atoms with Gasteiger partial charge >= 0.3 is 0 Å². The maximum atomic E-state index is 2.52. The van der Waals surface area contributed by atoms with E-state index in [4.69, 9.17) is 0 Å². The zero-order chi connectivity index (χ0) is 7.68. The number of rotatable bonds is 0. The van der Waals surface area contributed by atoms with E-state index in [0.717, 1.165) is 3.26 Å². The standard InChI is InChI=1S/C9H9IS/c10-9-6-5-7-3-1-2-4-8(7)11-9/h1-4,9H,5-6H2. The zero-order valence-corrected chi connectivity index (χ0v) is 9.06. The molecule has 1 aromatic carbocycles. The van der Waals surface area contributed by atoms with E-state index >= 15 is 0 Å². The molecule has 0 saturated carbocycles. The lowest BCUT2D eigenvalue weighted by atomic mass is 10.1. The fraction of sp³-hybridized carbons (Fsp3) is 0.333. The smallest absolute Gasteiger partial charge is 0.0615 e. The first kappa shape index (κ1) is 7.92. The molecule has 0 saturated heterocycles. The molecule has 11 heavy (non-hydrogen) atoms. The fourth-order valence-corrected chi connectivity index (χ4v) is 3.41. The highest BCUT2D eigenvalue weighted by Crippen LogP contribution is 2.37. The first-order chi connectivity index (χ1) is 5.36. The van der Waals surface area contributed by atoms with Gasteiger partial charge in [-0.05, 0) is 24.5 Å². The topological polar surface area (TPSA) is 0 Å². The molecule has 0 fully saturated rings. The van der Waals surface area contributed by atoms with Crippen LogP contribution in [-0.4, -0.2) is 3.26 Å². The number of hydrogen-bond donors (Lipinski definition) is 0. The van der Waals surface area contributed by atoms with E-state index in [1.165, 1.54) is 23.3 Å². The van der Waals surface area contributed by atoms with Gasteiger partial charge in [0.15, 0.2) is 0 Å². The average molecular weight is 276 g/mol. The zero-order valence-electron chi connectivity index (χ0n) is 6.09. The largest absolute Gasteiger partial charge is 0.112 e. The molecule has 1 unspecified atom stereocenters. The molecule has 1 heterocycles. The third-order valence-electron chi connectivity index (χ3n) is 1.87. The molecule has 1 aliphatic heterocycles. The normalized spacial score (nSPS) is 22.8. The fourth-order valence-electron chi connectivity index (χ4n) is 1.29. The van der Waals surface area contributed by atoms with Crippen molar-refractivity contribution < 1.29 is 0 Å². The van der Waals surface area contributed by atoms with Crippen LogP contribution in [0.3, 0.4) is 0 Å². The molecule has 0 aromatic heterocycles. The second kappa shape index (κ2) is 3.35. The molecule has 1 aromatic rings. The van der Waals surface area contributed by atoms with Crippen molar-refractivity contribution in [2.75, 3.05) is 0 Å². The van der Waals surface area contributed by atoms with E-state index in [9.17, 15) is 0 Å². The minimum Gasteiger partial charge on any atom is -0.112 e. The predicted octanol–water partition coefficient (Wildman–Crippen LogP) is 3.49. The highest BCUT2D eigenvalue weighted by molar-refractivity contribution is 14.1. The number of thioether (sulfide) groups is 1.